The van der Waals surface area contributed by atoms with Gasteiger partial charge < -0.3 is 4.74 Å². The van der Waals surface area contributed by atoms with Gasteiger partial charge in [-0.25, -0.2) is 14.4 Å². The number of nitrogens with zero attached hydrogens (tertiary/aromatic N) is 2. The van der Waals surface area contributed by atoms with E-state index in [2.05, 4.69) is 9.97 Å². The molecule has 3 aromatic rings. The number of hydrogen-bond acceptors (Lipinski definition) is 6. The Morgan fingerprint density at radius 1 is 1.30 bits per heavy atom. The molecule has 4 nitrogen and oxygen atoms in total. The molecule has 23 heavy (non-hydrogen) atoms. The van der Waals surface area contributed by atoms with Gasteiger partial charge in [-0.3, -0.25) is 4.79 Å². The summed E-state index contributed by atoms with van der Waals surface area (Å²) in [5, 5.41) is 0.390. The monoisotopic (exact) mass is 348 g/mol. The molecule has 0 fully saturated rings. The van der Waals surface area contributed by atoms with Crippen LogP contribution in [0, 0.1) is 5.82 Å². The van der Waals surface area contributed by atoms with Crippen LogP contribution in [-0.4, -0.2) is 28.3 Å². The van der Waals surface area contributed by atoms with Crippen molar-refractivity contribution in [2.75, 3.05) is 7.11 Å². The smallest absolute Gasteiger partial charge is 0.318 e. The summed E-state index contributed by atoms with van der Waals surface area (Å²) < 4.78 is 18.7. The zero-order chi connectivity index (χ0) is 16.4. The number of fused-ring (bicyclic) bond motifs is 1. The molecule has 0 amide bonds. The lowest BCUT2D eigenvalue weighted by Crippen LogP contribution is -2.14. The van der Waals surface area contributed by atoms with E-state index in [1.165, 1.54) is 48.7 Å². The fourth-order valence-corrected chi connectivity index (χ4v) is 4.17. The summed E-state index contributed by atoms with van der Waals surface area (Å²) >= 11 is 2.87. The average molecular weight is 348 g/mol. The minimum absolute atomic E-state index is 0.266. The number of halogens is 1. The van der Waals surface area contributed by atoms with Crippen molar-refractivity contribution in [2.45, 2.75) is 17.2 Å². The number of methoxy groups -OCH3 is 1. The van der Waals surface area contributed by atoms with Crippen molar-refractivity contribution in [2.24, 2.45) is 0 Å². The van der Waals surface area contributed by atoms with Crippen molar-refractivity contribution in [3.8, 4) is 10.4 Å². The summed E-state index contributed by atoms with van der Waals surface area (Å²) in [7, 11) is 1.37. The molecule has 0 bridgehead atoms. The van der Waals surface area contributed by atoms with Crippen molar-refractivity contribution in [3.05, 3.63) is 42.5 Å². The zero-order valence-corrected chi connectivity index (χ0v) is 14.1. The van der Waals surface area contributed by atoms with Crippen LogP contribution in [0.15, 0.2) is 41.7 Å². The van der Waals surface area contributed by atoms with Gasteiger partial charge in [-0.05, 0) is 30.7 Å². The quantitative estimate of drug-likeness (QED) is 0.403. The number of aromatic nitrogens is 2. The topological polar surface area (TPSA) is 52.1 Å². The van der Waals surface area contributed by atoms with E-state index in [9.17, 15) is 9.18 Å². The van der Waals surface area contributed by atoms with E-state index >= 15 is 0 Å². The second-order valence-electron chi connectivity index (χ2n) is 4.79. The van der Waals surface area contributed by atoms with Gasteiger partial charge in [-0.1, -0.05) is 23.9 Å². The first-order valence-electron chi connectivity index (χ1n) is 6.83. The molecule has 0 spiro atoms. The maximum absolute atomic E-state index is 13.1. The highest BCUT2D eigenvalue weighted by atomic mass is 32.2. The number of thiophene rings is 1. The molecule has 0 aliphatic rings. The molecular weight excluding hydrogens is 335 g/mol. The van der Waals surface area contributed by atoms with Crippen LogP contribution in [0.1, 0.15) is 6.92 Å². The fraction of sp³-hybridized carbons (Fsp3) is 0.188. The molecule has 0 saturated heterocycles. The Kier molecular flexibility index (Phi) is 4.58. The number of rotatable bonds is 4. The van der Waals surface area contributed by atoms with E-state index in [0.717, 1.165) is 25.7 Å². The van der Waals surface area contributed by atoms with Gasteiger partial charge in [-0.2, -0.15) is 0 Å². The maximum Gasteiger partial charge on any atom is 0.318 e. The van der Waals surface area contributed by atoms with Crippen molar-refractivity contribution in [3.63, 3.8) is 0 Å². The molecule has 118 valence electrons. The van der Waals surface area contributed by atoms with Crippen LogP contribution in [0.2, 0.25) is 0 Å². The van der Waals surface area contributed by atoms with Gasteiger partial charge in [-0.15, -0.1) is 11.3 Å². The van der Waals surface area contributed by atoms with Crippen molar-refractivity contribution in [1.82, 2.24) is 9.97 Å². The van der Waals surface area contributed by atoms with Crippen LogP contribution in [0.5, 0.6) is 0 Å². The van der Waals surface area contributed by atoms with E-state index in [0.29, 0.717) is 0 Å². The second-order valence-corrected chi connectivity index (χ2v) is 7.18. The number of carbonyl (C=O) groups excluding carboxylic acids is 1. The number of hydrogen-bond donors (Lipinski definition) is 0. The summed E-state index contributed by atoms with van der Waals surface area (Å²) in [4.78, 5) is 21.1. The Hall–Kier alpha value is -1.99. The van der Waals surface area contributed by atoms with E-state index in [4.69, 9.17) is 4.74 Å². The summed E-state index contributed by atoms with van der Waals surface area (Å²) in [6, 6.07) is 8.28. The molecule has 2 heterocycles. The third kappa shape index (κ3) is 3.35. The molecule has 0 aliphatic heterocycles. The maximum atomic E-state index is 13.1. The number of esters is 1. The Morgan fingerprint density at radius 2 is 2.04 bits per heavy atom. The SMILES string of the molecule is COC(=O)[C@H](C)Sc1ncnc2cc(-c3ccc(F)cc3)sc12. The minimum Gasteiger partial charge on any atom is -0.468 e. The lowest BCUT2D eigenvalue weighted by atomic mass is 10.2. The normalized spacial score (nSPS) is 12.3. The van der Waals surface area contributed by atoms with Gasteiger partial charge >= 0.3 is 5.97 Å². The first-order valence-corrected chi connectivity index (χ1v) is 8.53. The summed E-state index contributed by atoms with van der Waals surface area (Å²) in [6.45, 7) is 1.78. The molecule has 3 rings (SSSR count). The van der Waals surface area contributed by atoms with E-state index in [1.54, 1.807) is 19.1 Å². The molecule has 0 radical (unpaired) electrons. The predicted octanol–water partition coefficient (Wildman–Crippen LogP) is 4.15. The summed E-state index contributed by atoms with van der Waals surface area (Å²) in [5.74, 6) is -0.560. The van der Waals surface area contributed by atoms with Gasteiger partial charge in [0.2, 0.25) is 0 Å². The molecule has 1 aromatic carbocycles. The van der Waals surface area contributed by atoms with Crippen LogP contribution in [0.3, 0.4) is 0 Å². The summed E-state index contributed by atoms with van der Waals surface area (Å²) in [6.07, 6.45) is 1.48. The Labute approximate surface area is 140 Å². The van der Waals surface area contributed by atoms with E-state index < -0.39 is 0 Å². The highest BCUT2D eigenvalue weighted by molar-refractivity contribution is 8.00. The lowest BCUT2D eigenvalue weighted by molar-refractivity contribution is -0.139. The van der Waals surface area contributed by atoms with Gasteiger partial charge in [0.1, 0.15) is 22.4 Å². The molecule has 7 heteroatoms. The Balaban J connectivity index is 1.98. The van der Waals surface area contributed by atoms with Crippen molar-refractivity contribution < 1.29 is 13.9 Å². The van der Waals surface area contributed by atoms with Crippen LogP contribution < -0.4 is 0 Å². The van der Waals surface area contributed by atoms with Crippen LogP contribution >= 0.6 is 23.1 Å². The summed E-state index contributed by atoms with van der Waals surface area (Å²) in [5.41, 5.74) is 1.73. The molecule has 0 N–H and O–H groups in total. The molecule has 1 atom stereocenters. The third-order valence-corrected chi connectivity index (χ3v) is 5.62. The van der Waals surface area contributed by atoms with E-state index in [1.807, 2.05) is 6.07 Å². The second kappa shape index (κ2) is 6.64. The lowest BCUT2D eigenvalue weighted by Gasteiger charge is -2.07. The third-order valence-electron chi connectivity index (χ3n) is 3.23. The average Bonchev–Trinajstić information content (AvgIpc) is 3.00. The largest absolute Gasteiger partial charge is 0.468 e. The highest BCUT2D eigenvalue weighted by Gasteiger charge is 2.18. The standard InChI is InChI=1S/C16H13FN2O2S2/c1-9(16(20)21-2)22-15-14-12(18-8-19-15)7-13(23-14)10-3-5-11(17)6-4-10/h3-9H,1-2H3/t9-/m0/s1. The molecule has 0 unspecified atom stereocenters. The molecule has 2 aromatic heterocycles. The van der Waals surface area contributed by atoms with Crippen LogP contribution in [-0.2, 0) is 9.53 Å². The predicted molar refractivity (Wildman–Crippen MR) is 90.1 cm³/mol. The zero-order valence-electron chi connectivity index (χ0n) is 12.4. The first-order chi connectivity index (χ1) is 11.1. The number of carbonyl (C=O) groups is 1. The Morgan fingerprint density at radius 3 is 2.74 bits per heavy atom. The van der Waals surface area contributed by atoms with Crippen LogP contribution in [0.25, 0.3) is 20.7 Å². The number of ether oxygens (including phenoxy) is 1. The minimum atomic E-state index is -0.352. The van der Waals surface area contributed by atoms with Gasteiger partial charge in [0.25, 0.3) is 0 Å². The van der Waals surface area contributed by atoms with E-state index in [-0.39, 0.29) is 17.0 Å². The first kappa shape index (κ1) is 15.9. The van der Waals surface area contributed by atoms with Gasteiger partial charge in [0.15, 0.2) is 0 Å². The fourth-order valence-electron chi connectivity index (χ4n) is 2.05. The highest BCUT2D eigenvalue weighted by Crippen LogP contribution is 2.38. The van der Waals surface area contributed by atoms with Gasteiger partial charge in [0.05, 0.1) is 17.3 Å². The number of thioether (sulfide) groups is 1. The molecular formula is C16H13FN2O2S2. The number of benzene rings is 1. The van der Waals surface area contributed by atoms with Crippen LogP contribution in [0.4, 0.5) is 4.39 Å². The van der Waals surface area contributed by atoms with Gasteiger partial charge in [0, 0.05) is 4.88 Å². The molecule has 0 saturated carbocycles. The van der Waals surface area contributed by atoms with Crippen molar-refractivity contribution >= 4 is 39.3 Å². The van der Waals surface area contributed by atoms with Crippen molar-refractivity contribution in [1.29, 1.82) is 0 Å². The molecule has 0 aliphatic carbocycles. The Bertz CT molecular complexity index is 849.